The van der Waals surface area contributed by atoms with Gasteiger partial charge >= 0.3 is 6.09 Å². The predicted octanol–water partition coefficient (Wildman–Crippen LogP) is 1.53. The van der Waals surface area contributed by atoms with Gasteiger partial charge in [0.1, 0.15) is 5.60 Å². The molecule has 0 aromatic rings. The van der Waals surface area contributed by atoms with Crippen molar-refractivity contribution in [1.82, 2.24) is 5.32 Å². The highest BCUT2D eigenvalue weighted by atomic mass is 16.6. The predicted molar refractivity (Wildman–Crippen MR) is 55.1 cm³/mol. The van der Waals surface area contributed by atoms with Crippen LogP contribution in [-0.4, -0.2) is 29.4 Å². The maximum absolute atomic E-state index is 11.5. The molecule has 0 fully saturated rings. The smallest absolute Gasteiger partial charge is 0.407 e. The van der Waals surface area contributed by atoms with E-state index in [0.29, 0.717) is 0 Å². The van der Waals surface area contributed by atoms with Crippen LogP contribution >= 0.6 is 0 Å². The van der Waals surface area contributed by atoms with Crippen LogP contribution in [0.2, 0.25) is 0 Å². The number of rotatable bonds is 3. The Morgan fingerprint density at radius 3 is 2.64 bits per heavy atom. The molecule has 2 atom stereocenters. The quantitative estimate of drug-likeness (QED) is 0.739. The van der Waals surface area contributed by atoms with Crippen LogP contribution < -0.4 is 5.32 Å². The molecule has 1 amide bonds. The van der Waals surface area contributed by atoms with Crippen LogP contribution in [0.1, 0.15) is 41.4 Å². The number of ether oxygens (including phenoxy) is 1. The third-order valence-corrected chi connectivity index (χ3v) is 1.38. The Labute approximate surface area is 92.7 Å². The van der Waals surface area contributed by atoms with Gasteiger partial charge in [-0.15, -0.1) is 0 Å². The number of carbonyl (C=O) groups is 1. The molecular weight excluding hydrogens is 182 g/mol. The third kappa shape index (κ3) is 5.80. The molecular formula is C10H21NO3. The number of carbonyl (C=O) groups excluding carboxylic acids is 1. The lowest BCUT2D eigenvalue weighted by Crippen LogP contribution is -2.41. The number of alkyl carbamates (subject to hydrolysis) is 1. The van der Waals surface area contributed by atoms with Crippen LogP contribution in [0, 0.1) is 5.92 Å². The van der Waals surface area contributed by atoms with E-state index in [0.717, 1.165) is 0 Å². The second-order valence-corrected chi connectivity index (χ2v) is 4.04. The van der Waals surface area contributed by atoms with Crippen molar-refractivity contribution in [2.75, 3.05) is 6.56 Å². The SMILES string of the molecule is [2H]C([2H])([2H])[C@H]([C@@H](C)NC(=O)OC(C)(C)C)C([2H])([2H])O. The van der Waals surface area contributed by atoms with E-state index in [1.54, 1.807) is 20.8 Å². The summed E-state index contributed by atoms with van der Waals surface area (Å²) in [7, 11) is 0. The van der Waals surface area contributed by atoms with Crippen molar-refractivity contribution in [3.05, 3.63) is 0 Å². The van der Waals surface area contributed by atoms with Crippen molar-refractivity contribution in [1.29, 1.82) is 0 Å². The van der Waals surface area contributed by atoms with Crippen LogP contribution in [0.3, 0.4) is 0 Å². The van der Waals surface area contributed by atoms with Gasteiger partial charge in [0.15, 0.2) is 0 Å². The second-order valence-electron chi connectivity index (χ2n) is 4.04. The topological polar surface area (TPSA) is 58.6 Å². The lowest BCUT2D eigenvalue weighted by Gasteiger charge is -2.24. The molecule has 0 saturated heterocycles. The zero-order valence-corrected chi connectivity index (χ0v) is 8.92. The summed E-state index contributed by atoms with van der Waals surface area (Å²) >= 11 is 0. The molecule has 2 N–H and O–H groups in total. The highest BCUT2D eigenvalue weighted by Crippen LogP contribution is 2.08. The minimum absolute atomic E-state index is 0.752. The summed E-state index contributed by atoms with van der Waals surface area (Å²) in [6, 6.07) is -1.12. The molecule has 0 saturated carbocycles. The average Bonchev–Trinajstić information content (AvgIpc) is 1.90. The van der Waals surface area contributed by atoms with Crippen molar-refractivity contribution in [2.24, 2.45) is 5.92 Å². The van der Waals surface area contributed by atoms with Crippen molar-refractivity contribution in [3.8, 4) is 0 Å². The molecule has 0 heterocycles. The number of nitrogens with one attached hydrogen (secondary N) is 1. The Morgan fingerprint density at radius 2 is 2.29 bits per heavy atom. The molecule has 0 aromatic heterocycles. The molecule has 4 nitrogen and oxygen atoms in total. The van der Waals surface area contributed by atoms with Crippen molar-refractivity contribution in [3.63, 3.8) is 0 Å². The fraction of sp³-hybridized carbons (Fsp3) is 0.900. The van der Waals surface area contributed by atoms with E-state index in [9.17, 15) is 9.90 Å². The Hall–Kier alpha value is -0.770. The van der Waals surface area contributed by atoms with E-state index in [4.69, 9.17) is 11.6 Å². The van der Waals surface area contributed by atoms with Gasteiger partial charge in [-0.2, -0.15) is 0 Å². The summed E-state index contributed by atoms with van der Waals surface area (Å²) in [6.45, 7) is 0.527. The number of aliphatic hydroxyl groups is 1. The lowest BCUT2D eigenvalue weighted by molar-refractivity contribution is 0.0483. The van der Waals surface area contributed by atoms with Crippen LogP contribution in [0.15, 0.2) is 0 Å². The maximum Gasteiger partial charge on any atom is 0.407 e. The van der Waals surface area contributed by atoms with Crippen molar-refractivity contribution < 1.29 is 21.5 Å². The van der Waals surface area contributed by atoms with Crippen LogP contribution in [0.25, 0.3) is 0 Å². The van der Waals surface area contributed by atoms with E-state index in [1.807, 2.05) is 0 Å². The Kier molecular flexibility index (Phi) is 2.47. The Morgan fingerprint density at radius 1 is 1.71 bits per heavy atom. The fourth-order valence-electron chi connectivity index (χ4n) is 0.689. The van der Waals surface area contributed by atoms with E-state index >= 15 is 0 Å². The first-order valence-corrected chi connectivity index (χ1v) is 4.36. The summed E-state index contributed by atoms with van der Waals surface area (Å²) in [5.41, 5.74) is -0.752. The molecule has 0 aliphatic carbocycles. The van der Waals surface area contributed by atoms with E-state index in [1.165, 1.54) is 6.92 Å². The summed E-state index contributed by atoms with van der Waals surface area (Å²) in [5, 5.41) is 11.5. The minimum Gasteiger partial charge on any atom is -0.444 e. The zero-order chi connectivity index (χ0) is 15.6. The largest absolute Gasteiger partial charge is 0.444 e. The standard InChI is InChI=1S/C10H21NO3/c1-7(6-12)8(2)11-9(13)14-10(3,4)5/h7-8,12H,6H2,1-5H3,(H,11,13)/t7-,8+/m0/s1/i1D3,6D2. The van der Waals surface area contributed by atoms with Crippen molar-refractivity contribution in [2.45, 2.75) is 46.2 Å². The minimum atomic E-state index is -2.94. The van der Waals surface area contributed by atoms with Gasteiger partial charge < -0.3 is 15.2 Å². The molecule has 14 heavy (non-hydrogen) atoms. The van der Waals surface area contributed by atoms with Gasteiger partial charge in [-0.05, 0) is 33.6 Å². The fourth-order valence-corrected chi connectivity index (χ4v) is 0.689. The van der Waals surface area contributed by atoms with Crippen LogP contribution in [0.5, 0.6) is 0 Å². The highest BCUT2D eigenvalue weighted by Gasteiger charge is 2.19. The molecule has 0 radical (unpaired) electrons. The second kappa shape index (κ2) is 5.20. The molecule has 0 aliphatic rings. The molecule has 4 heteroatoms. The summed E-state index contributed by atoms with van der Waals surface area (Å²) in [5.74, 6) is -1.76. The van der Waals surface area contributed by atoms with Gasteiger partial charge in [0, 0.05) is 16.7 Å². The molecule has 0 unspecified atom stereocenters. The number of hydrogen-bond donors (Lipinski definition) is 2. The molecule has 0 aromatic carbocycles. The van der Waals surface area contributed by atoms with Gasteiger partial charge in [-0.25, -0.2) is 4.79 Å². The zero-order valence-electron chi connectivity index (χ0n) is 13.9. The average molecular weight is 208 g/mol. The van der Waals surface area contributed by atoms with E-state index in [2.05, 4.69) is 5.32 Å². The molecule has 0 spiro atoms. The summed E-state index contributed by atoms with van der Waals surface area (Å²) in [4.78, 5) is 11.5. The molecule has 0 rings (SSSR count). The highest BCUT2D eigenvalue weighted by molar-refractivity contribution is 5.68. The van der Waals surface area contributed by atoms with Crippen molar-refractivity contribution >= 4 is 6.09 Å². The number of hydrogen-bond acceptors (Lipinski definition) is 3. The first-order chi connectivity index (χ1) is 8.14. The first kappa shape index (κ1) is 6.67. The number of amides is 1. The van der Waals surface area contributed by atoms with E-state index < -0.39 is 37.1 Å². The summed E-state index contributed by atoms with van der Waals surface area (Å²) in [6.07, 6.45) is -0.862. The van der Waals surface area contributed by atoms with Crippen LogP contribution in [-0.2, 0) is 4.74 Å². The van der Waals surface area contributed by atoms with Gasteiger partial charge in [0.05, 0.1) is 2.74 Å². The first-order valence-electron chi connectivity index (χ1n) is 6.86. The summed E-state index contributed by atoms with van der Waals surface area (Å²) < 4.78 is 41.0. The third-order valence-electron chi connectivity index (χ3n) is 1.38. The van der Waals surface area contributed by atoms with E-state index in [-0.39, 0.29) is 0 Å². The van der Waals surface area contributed by atoms with Gasteiger partial charge in [-0.1, -0.05) is 6.85 Å². The Bertz CT molecular complexity index is 305. The normalized spacial score (nSPS) is 23.1. The maximum atomic E-state index is 11.5. The van der Waals surface area contributed by atoms with Gasteiger partial charge in [0.2, 0.25) is 0 Å². The molecule has 0 bridgehead atoms. The Balaban J connectivity index is 4.86. The monoisotopic (exact) mass is 208 g/mol. The molecule has 84 valence electrons. The van der Waals surface area contributed by atoms with Gasteiger partial charge in [0.25, 0.3) is 0 Å². The van der Waals surface area contributed by atoms with Crippen LogP contribution in [0.4, 0.5) is 4.79 Å². The van der Waals surface area contributed by atoms with Gasteiger partial charge in [-0.3, -0.25) is 0 Å². The molecule has 0 aliphatic heterocycles. The lowest BCUT2D eigenvalue weighted by atomic mass is 10.1.